The van der Waals surface area contributed by atoms with Crippen molar-refractivity contribution in [2.45, 2.75) is 109 Å². The topological polar surface area (TPSA) is 9.23 Å². The van der Waals surface area contributed by atoms with Crippen LogP contribution in [0.2, 0.25) is 0 Å². The summed E-state index contributed by atoms with van der Waals surface area (Å²) in [5, 5.41) is 0. The first-order valence-electron chi connectivity index (χ1n) is 15.6. The van der Waals surface area contributed by atoms with Gasteiger partial charge in [-0.15, -0.1) is 0 Å². The quantitative estimate of drug-likeness (QED) is 0.223. The summed E-state index contributed by atoms with van der Waals surface area (Å²) in [7, 11) is 0. The minimum atomic E-state index is -3.63. The Morgan fingerprint density at radius 2 is 1.29 bits per heavy atom. The highest BCUT2D eigenvalue weighted by Gasteiger charge is 2.44. The summed E-state index contributed by atoms with van der Waals surface area (Å²) < 4.78 is 89.0. The Hall–Kier alpha value is -2.18. The average molecular weight is 581 g/mol. The van der Waals surface area contributed by atoms with Crippen molar-refractivity contribution in [1.82, 2.24) is 0 Å². The van der Waals surface area contributed by atoms with E-state index in [0.717, 1.165) is 42.6 Å². The van der Waals surface area contributed by atoms with Crippen LogP contribution >= 0.6 is 0 Å². The first-order valence-corrected chi connectivity index (χ1v) is 15.6. The Bertz CT molecular complexity index is 1130. The first kappa shape index (κ1) is 30.3. The van der Waals surface area contributed by atoms with Crippen LogP contribution in [0.1, 0.15) is 107 Å². The number of alkyl halides is 2. The second-order valence-corrected chi connectivity index (χ2v) is 13.1. The van der Waals surface area contributed by atoms with Crippen LogP contribution in [0.4, 0.5) is 26.3 Å². The molecule has 0 heterocycles. The summed E-state index contributed by atoms with van der Waals surface area (Å²) in [6.45, 7) is 2.36. The summed E-state index contributed by atoms with van der Waals surface area (Å²) in [5.41, 5.74) is 1.78. The molecule has 5 rings (SSSR count). The molecule has 0 unspecified atom stereocenters. The van der Waals surface area contributed by atoms with Gasteiger partial charge in [-0.1, -0.05) is 31.9 Å². The Labute approximate surface area is 240 Å². The Kier molecular flexibility index (Phi) is 9.60. The molecular weight excluding hydrogens is 538 g/mol. The van der Waals surface area contributed by atoms with Crippen molar-refractivity contribution in [3.05, 3.63) is 64.7 Å². The lowest BCUT2D eigenvalue weighted by Gasteiger charge is -2.37. The highest BCUT2D eigenvalue weighted by molar-refractivity contribution is 5.28. The molecule has 41 heavy (non-hydrogen) atoms. The van der Waals surface area contributed by atoms with E-state index in [0.29, 0.717) is 42.9 Å². The number of benzene rings is 2. The number of ether oxygens (including phenoxy) is 1. The van der Waals surface area contributed by atoms with E-state index in [1.165, 1.54) is 38.5 Å². The zero-order valence-electron chi connectivity index (χ0n) is 23.9. The van der Waals surface area contributed by atoms with Crippen LogP contribution in [0.3, 0.4) is 0 Å². The molecule has 3 saturated carbocycles. The lowest BCUT2D eigenvalue weighted by Crippen LogP contribution is -2.37. The first-order chi connectivity index (χ1) is 19.6. The number of aryl methyl sites for hydroxylation is 1. The largest absolute Gasteiger partial charge is 0.432 e. The normalized spacial score (nSPS) is 29.3. The molecule has 0 bridgehead atoms. The molecule has 3 aliphatic rings. The molecule has 0 spiro atoms. The SMILES string of the molecule is CC1CCC(C2CCC(c3ccc(CCC4CCC(C(F)(F)Oc5cc(F)c(F)c(F)c5)CC4)c(F)c3)CC2)CC1. The Morgan fingerprint density at radius 3 is 1.88 bits per heavy atom. The average Bonchev–Trinajstić information content (AvgIpc) is 2.96. The van der Waals surface area contributed by atoms with Gasteiger partial charge in [-0.3, -0.25) is 0 Å². The highest BCUT2D eigenvalue weighted by Crippen LogP contribution is 2.45. The predicted molar refractivity (Wildman–Crippen MR) is 148 cm³/mol. The third kappa shape index (κ3) is 7.43. The summed E-state index contributed by atoms with van der Waals surface area (Å²) in [6.07, 6.45) is 9.35. The molecule has 0 amide bonds. The molecule has 3 fully saturated rings. The van der Waals surface area contributed by atoms with Gasteiger partial charge in [0.1, 0.15) is 11.6 Å². The maximum absolute atomic E-state index is 15.1. The van der Waals surface area contributed by atoms with Crippen LogP contribution < -0.4 is 4.74 Å². The van der Waals surface area contributed by atoms with Gasteiger partial charge in [-0.05, 0) is 124 Å². The summed E-state index contributed by atoms with van der Waals surface area (Å²) in [5.74, 6) is -3.67. The number of halogens is 6. The van der Waals surface area contributed by atoms with Gasteiger partial charge in [-0.25, -0.2) is 17.6 Å². The molecule has 2 aromatic carbocycles. The molecule has 226 valence electrons. The lowest BCUT2D eigenvalue weighted by atomic mass is 9.68. The zero-order valence-corrected chi connectivity index (χ0v) is 23.9. The number of rotatable bonds is 8. The van der Waals surface area contributed by atoms with Crippen molar-refractivity contribution in [1.29, 1.82) is 0 Å². The van der Waals surface area contributed by atoms with Gasteiger partial charge in [-0.2, -0.15) is 8.78 Å². The van der Waals surface area contributed by atoms with E-state index in [1.54, 1.807) is 6.07 Å². The molecule has 1 nitrogen and oxygen atoms in total. The van der Waals surface area contributed by atoms with E-state index in [1.807, 2.05) is 6.07 Å². The predicted octanol–water partition coefficient (Wildman–Crippen LogP) is 10.8. The molecule has 0 atom stereocenters. The lowest BCUT2D eigenvalue weighted by molar-refractivity contribution is -0.223. The van der Waals surface area contributed by atoms with Gasteiger partial charge >= 0.3 is 6.11 Å². The molecule has 0 saturated heterocycles. The summed E-state index contributed by atoms with van der Waals surface area (Å²) in [4.78, 5) is 0. The molecule has 7 heteroatoms. The maximum atomic E-state index is 15.1. The van der Waals surface area contributed by atoms with Crippen LogP contribution in [-0.2, 0) is 6.42 Å². The fraction of sp³-hybridized carbons (Fsp3) is 0.647. The molecule has 0 aromatic heterocycles. The van der Waals surface area contributed by atoms with Crippen LogP contribution in [0.25, 0.3) is 0 Å². The molecule has 0 radical (unpaired) electrons. The van der Waals surface area contributed by atoms with E-state index >= 15 is 4.39 Å². The fourth-order valence-electron chi connectivity index (χ4n) is 7.68. The molecular formula is C34H42F6O. The minimum Gasteiger partial charge on any atom is -0.432 e. The molecule has 0 aliphatic heterocycles. The minimum absolute atomic E-state index is 0.168. The Balaban J connectivity index is 1.07. The van der Waals surface area contributed by atoms with Crippen molar-refractivity contribution in [3.63, 3.8) is 0 Å². The van der Waals surface area contributed by atoms with Gasteiger partial charge in [0.15, 0.2) is 17.5 Å². The van der Waals surface area contributed by atoms with Gasteiger partial charge < -0.3 is 4.74 Å². The smallest absolute Gasteiger partial charge is 0.400 e. The van der Waals surface area contributed by atoms with Crippen LogP contribution in [-0.4, -0.2) is 6.11 Å². The van der Waals surface area contributed by atoms with E-state index in [4.69, 9.17) is 0 Å². The monoisotopic (exact) mass is 580 g/mol. The second kappa shape index (κ2) is 13.0. The van der Waals surface area contributed by atoms with Crippen molar-refractivity contribution < 1.29 is 31.1 Å². The van der Waals surface area contributed by atoms with Gasteiger partial charge in [0.25, 0.3) is 0 Å². The second-order valence-electron chi connectivity index (χ2n) is 13.1. The van der Waals surface area contributed by atoms with Gasteiger partial charge in [0.05, 0.1) is 5.92 Å². The molecule has 2 aromatic rings. The van der Waals surface area contributed by atoms with Gasteiger partial charge in [0.2, 0.25) is 0 Å². The number of hydrogen-bond donors (Lipinski definition) is 0. The van der Waals surface area contributed by atoms with Gasteiger partial charge in [0, 0.05) is 12.1 Å². The van der Waals surface area contributed by atoms with E-state index in [-0.39, 0.29) is 24.6 Å². The molecule has 3 aliphatic carbocycles. The van der Waals surface area contributed by atoms with E-state index < -0.39 is 35.2 Å². The van der Waals surface area contributed by atoms with Crippen molar-refractivity contribution in [2.24, 2.45) is 29.6 Å². The van der Waals surface area contributed by atoms with Crippen LogP contribution in [0.15, 0.2) is 30.3 Å². The fourth-order valence-corrected chi connectivity index (χ4v) is 7.68. The van der Waals surface area contributed by atoms with Crippen molar-refractivity contribution in [3.8, 4) is 5.75 Å². The number of hydrogen-bond acceptors (Lipinski definition) is 1. The third-order valence-electron chi connectivity index (χ3n) is 10.4. The van der Waals surface area contributed by atoms with Crippen LogP contribution in [0.5, 0.6) is 5.75 Å². The zero-order chi connectivity index (χ0) is 29.1. The van der Waals surface area contributed by atoms with E-state index in [2.05, 4.69) is 17.7 Å². The highest BCUT2D eigenvalue weighted by atomic mass is 19.3. The summed E-state index contributed by atoms with van der Waals surface area (Å²) in [6, 6.07) is 6.58. The van der Waals surface area contributed by atoms with Crippen molar-refractivity contribution >= 4 is 0 Å². The Morgan fingerprint density at radius 1 is 0.707 bits per heavy atom. The third-order valence-corrected chi connectivity index (χ3v) is 10.4. The van der Waals surface area contributed by atoms with E-state index in [9.17, 15) is 22.0 Å². The summed E-state index contributed by atoms with van der Waals surface area (Å²) >= 11 is 0. The maximum Gasteiger partial charge on any atom is 0.400 e. The molecule has 0 N–H and O–H groups in total. The van der Waals surface area contributed by atoms with Crippen molar-refractivity contribution in [2.75, 3.05) is 0 Å². The standard InChI is InChI=1S/C34H42F6O/c1-21-2-7-23(8-3-21)24-10-12-25(13-11-24)27-15-14-26(30(35)18-27)9-4-22-5-16-28(17-6-22)34(39,40)41-29-19-31(36)33(38)32(37)20-29/h14-15,18-25,28H,2-13,16-17H2,1H3. The van der Waals surface area contributed by atoms with Crippen LogP contribution in [0, 0.1) is 52.9 Å².